The first-order chi connectivity index (χ1) is 6.75. The molecule has 1 fully saturated rings. The minimum Gasteiger partial charge on any atom is -0.472 e. The molecule has 0 spiro atoms. The van der Waals surface area contributed by atoms with Gasteiger partial charge in [0.2, 0.25) is 11.8 Å². The zero-order valence-electron chi connectivity index (χ0n) is 7.66. The van der Waals surface area contributed by atoms with E-state index in [9.17, 15) is 9.59 Å². The number of amides is 2. The van der Waals surface area contributed by atoms with Crippen LogP contribution in [0.3, 0.4) is 0 Å². The van der Waals surface area contributed by atoms with Crippen LogP contribution in [-0.4, -0.2) is 11.8 Å². The number of furan rings is 1. The fourth-order valence-electron chi connectivity index (χ4n) is 1.63. The SMILES string of the molecule is O=C1CCC(Cc2ccoc2)C(=O)N1. The number of hydrogen-bond acceptors (Lipinski definition) is 3. The molecule has 2 heterocycles. The van der Waals surface area contributed by atoms with E-state index in [1.54, 1.807) is 12.5 Å². The van der Waals surface area contributed by atoms with Crippen LogP contribution in [0.15, 0.2) is 23.0 Å². The number of carbonyl (C=O) groups excluding carboxylic acids is 2. The van der Waals surface area contributed by atoms with Gasteiger partial charge >= 0.3 is 0 Å². The number of hydrogen-bond donors (Lipinski definition) is 1. The molecule has 14 heavy (non-hydrogen) atoms. The van der Waals surface area contributed by atoms with Gasteiger partial charge in [0.25, 0.3) is 0 Å². The summed E-state index contributed by atoms with van der Waals surface area (Å²) in [7, 11) is 0. The number of rotatable bonds is 2. The Hall–Kier alpha value is -1.58. The standard InChI is InChI=1S/C10H11NO3/c12-9-2-1-8(10(13)11-9)5-7-3-4-14-6-7/h3-4,6,8H,1-2,5H2,(H,11,12,13). The van der Waals surface area contributed by atoms with Gasteiger partial charge in [-0.15, -0.1) is 0 Å². The molecule has 1 aliphatic rings. The Labute approximate surface area is 81.3 Å². The molecule has 0 aromatic carbocycles. The predicted molar refractivity (Wildman–Crippen MR) is 48.3 cm³/mol. The Morgan fingerprint density at radius 1 is 1.50 bits per heavy atom. The molecule has 1 saturated heterocycles. The summed E-state index contributed by atoms with van der Waals surface area (Å²) in [6.07, 6.45) is 4.94. The molecular weight excluding hydrogens is 182 g/mol. The van der Waals surface area contributed by atoms with Crippen LogP contribution >= 0.6 is 0 Å². The molecule has 4 heteroatoms. The summed E-state index contributed by atoms with van der Waals surface area (Å²) in [6, 6.07) is 1.84. The molecule has 2 rings (SSSR count). The van der Waals surface area contributed by atoms with Gasteiger partial charge in [0, 0.05) is 12.3 Å². The van der Waals surface area contributed by atoms with Gasteiger partial charge in [-0.05, 0) is 24.5 Å². The van der Waals surface area contributed by atoms with Crippen LogP contribution < -0.4 is 5.32 Å². The first-order valence-electron chi connectivity index (χ1n) is 4.60. The fourth-order valence-corrected chi connectivity index (χ4v) is 1.63. The lowest BCUT2D eigenvalue weighted by molar-refractivity contribution is -0.136. The first-order valence-corrected chi connectivity index (χ1v) is 4.60. The number of imide groups is 1. The largest absolute Gasteiger partial charge is 0.472 e. The van der Waals surface area contributed by atoms with Crippen molar-refractivity contribution in [3.63, 3.8) is 0 Å². The highest BCUT2D eigenvalue weighted by molar-refractivity contribution is 5.98. The fraction of sp³-hybridized carbons (Fsp3) is 0.400. The second-order valence-corrected chi connectivity index (χ2v) is 3.48. The van der Waals surface area contributed by atoms with Crippen LogP contribution in [0.5, 0.6) is 0 Å². The molecule has 1 N–H and O–H groups in total. The molecular formula is C10H11NO3. The summed E-state index contributed by atoms with van der Waals surface area (Å²) in [6.45, 7) is 0. The minimum atomic E-state index is -0.168. The van der Waals surface area contributed by atoms with Crippen molar-refractivity contribution in [1.29, 1.82) is 0 Å². The van der Waals surface area contributed by atoms with E-state index in [2.05, 4.69) is 5.32 Å². The number of piperidine rings is 1. The van der Waals surface area contributed by atoms with Gasteiger partial charge in [0.15, 0.2) is 0 Å². The number of nitrogens with one attached hydrogen (secondary N) is 1. The van der Waals surface area contributed by atoms with Crippen molar-refractivity contribution in [2.75, 3.05) is 0 Å². The molecule has 0 aliphatic carbocycles. The van der Waals surface area contributed by atoms with Crippen LogP contribution in [0, 0.1) is 5.92 Å². The molecule has 1 aromatic rings. The van der Waals surface area contributed by atoms with Gasteiger partial charge < -0.3 is 4.42 Å². The second-order valence-electron chi connectivity index (χ2n) is 3.48. The molecule has 1 atom stereocenters. The van der Waals surface area contributed by atoms with Gasteiger partial charge in [-0.3, -0.25) is 14.9 Å². The lowest BCUT2D eigenvalue weighted by atomic mass is 9.92. The maximum atomic E-state index is 11.4. The Morgan fingerprint density at radius 3 is 3.00 bits per heavy atom. The Bertz CT molecular complexity index is 342. The summed E-state index contributed by atoms with van der Waals surface area (Å²) in [4.78, 5) is 22.2. The van der Waals surface area contributed by atoms with Gasteiger partial charge in [-0.25, -0.2) is 0 Å². The average molecular weight is 193 g/mol. The summed E-state index contributed by atoms with van der Waals surface area (Å²) in [5, 5.41) is 2.33. The average Bonchev–Trinajstić information content (AvgIpc) is 2.62. The van der Waals surface area contributed by atoms with E-state index >= 15 is 0 Å². The van der Waals surface area contributed by atoms with Gasteiger partial charge in [-0.1, -0.05) is 0 Å². The summed E-state index contributed by atoms with van der Waals surface area (Å²) in [5.74, 6) is -0.425. The van der Waals surface area contributed by atoms with Crippen molar-refractivity contribution in [2.24, 2.45) is 5.92 Å². The summed E-state index contributed by atoms with van der Waals surface area (Å²) < 4.78 is 4.91. The smallest absolute Gasteiger partial charge is 0.230 e. The monoisotopic (exact) mass is 193 g/mol. The van der Waals surface area contributed by atoms with Crippen molar-refractivity contribution in [2.45, 2.75) is 19.3 Å². The van der Waals surface area contributed by atoms with E-state index in [-0.39, 0.29) is 17.7 Å². The third-order valence-corrected chi connectivity index (χ3v) is 2.42. The molecule has 2 amide bonds. The van der Waals surface area contributed by atoms with Crippen molar-refractivity contribution in [3.05, 3.63) is 24.2 Å². The van der Waals surface area contributed by atoms with E-state index in [4.69, 9.17) is 4.42 Å². The zero-order valence-corrected chi connectivity index (χ0v) is 7.66. The summed E-state index contributed by atoms with van der Waals surface area (Å²) in [5.41, 5.74) is 1.000. The van der Waals surface area contributed by atoms with E-state index < -0.39 is 0 Å². The molecule has 1 aliphatic heterocycles. The highest BCUT2D eigenvalue weighted by Gasteiger charge is 2.26. The lowest BCUT2D eigenvalue weighted by Crippen LogP contribution is -2.41. The molecule has 4 nitrogen and oxygen atoms in total. The molecule has 1 aromatic heterocycles. The van der Waals surface area contributed by atoms with Crippen molar-refractivity contribution in [3.8, 4) is 0 Å². The highest BCUT2D eigenvalue weighted by atomic mass is 16.3. The summed E-state index contributed by atoms with van der Waals surface area (Å²) >= 11 is 0. The highest BCUT2D eigenvalue weighted by Crippen LogP contribution is 2.17. The maximum Gasteiger partial charge on any atom is 0.230 e. The Balaban J connectivity index is 1.99. The minimum absolute atomic E-state index is 0.0923. The van der Waals surface area contributed by atoms with Crippen molar-refractivity contribution in [1.82, 2.24) is 5.32 Å². The van der Waals surface area contributed by atoms with E-state index in [1.807, 2.05) is 6.07 Å². The third kappa shape index (κ3) is 1.84. The van der Waals surface area contributed by atoms with Crippen LogP contribution in [0.1, 0.15) is 18.4 Å². The van der Waals surface area contributed by atoms with E-state index in [1.165, 1.54) is 0 Å². The van der Waals surface area contributed by atoms with E-state index in [0.717, 1.165) is 5.56 Å². The molecule has 1 unspecified atom stereocenters. The van der Waals surface area contributed by atoms with Crippen LogP contribution in [0.2, 0.25) is 0 Å². The number of carbonyl (C=O) groups is 2. The topological polar surface area (TPSA) is 59.3 Å². The van der Waals surface area contributed by atoms with Crippen molar-refractivity contribution < 1.29 is 14.0 Å². The normalized spacial score (nSPS) is 22.1. The second kappa shape index (κ2) is 3.65. The molecule has 74 valence electrons. The molecule has 0 bridgehead atoms. The van der Waals surface area contributed by atoms with Gasteiger partial charge in [-0.2, -0.15) is 0 Å². The van der Waals surface area contributed by atoms with Crippen LogP contribution in [0.25, 0.3) is 0 Å². The zero-order chi connectivity index (χ0) is 9.97. The third-order valence-electron chi connectivity index (χ3n) is 2.42. The quantitative estimate of drug-likeness (QED) is 0.709. The van der Waals surface area contributed by atoms with Crippen LogP contribution in [-0.2, 0) is 16.0 Å². The van der Waals surface area contributed by atoms with Gasteiger partial charge in [0.05, 0.1) is 12.5 Å². The van der Waals surface area contributed by atoms with Gasteiger partial charge in [0.1, 0.15) is 0 Å². The Kier molecular flexibility index (Phi) is 2.35. The van der Waals surface area contributed by atoms with E-state index in [0.29, 0.717) is 19.3 Å². The maximum absolute atomic E-state index is 11.4. The lowest BCUT2D eigenvalue weighted by Gasteiger charge is -2.19. The van der Waals surface area contributed by atoms with Crippen molar-refractivity contribution >= 4 is 11.8 Å². The first kappa shape index (κ1) is 8.99. The van der Waals surface area contributed by atoms with Crippen LogP contribution in [0.4, 0.5) is 0 Å². The molecule has 0 radical (unpaired) electrons. The predicted octanol–water partition coefficient (Wildman–Crippen LogP) is 0.875. The molecule has 0 saturated carbocycles. The Morgan fingerprint density at radius 2 is 2.36 bits per heavy atom.